The molecule has 1 aliphatic rings. The van der Waals surface area contributed by atoms with Gasteiger partial charge in [-0.05, 0) is 44.9 Å². The first-order chi connectivity index (χ1) is 14.5. The molecule has 0 bridgehead atoms. The van der Waals surface area contributed by atoms with Crippen LogP contribution in [0.15, 0.2) is 36.5 Å². The van der Waals surface area contributed by atoms with Crippen LogP contribution in [-0.4, -0.2) is 56.4 Å². The number of amides is 1. The quantitative estimate of drug-likeness (QED) is 0.656. The highest BCUT2D eigenvalue weighted by Crippen LogP contribution is 2.26. The minimum Gasteiger partial charge on any atom is -0.391 e. The summed E-state index contributed by atoms with van der Waals surface area (Å²) in [5.74, 6) is 0.0222. The number of aliphatic hydroxyl groups excluding tert-OH is 1. The highest BCUT2D eigenvalue weighted by atomic mass is 16.3. The zero-order chi connectivity index (χ0) is 21.3. The number of likely N-dealkylation sites (tertiary alicyclic amines) is 1. The van der Waals surface area contributed by atoms with Crippen LogP contribution in [0.2, 0.25) is 0 Å². The molecule has 4 rings (SSSR count). The molecule has 2 atom stereocenters. The number of hydrogen-bond donors (Lipinski definition) is 2. The van der Waals surface area contributed by atoms with Gasteiger partial charge in [-0.25, -0.2) is 0 Å². The SMILES string of the molecule is CCn1nc(C)c(NC(=O)CN2C[C@@H](Cc3ccnc4ccccc34)[C@H](O)C2)c1C. The van der Waals surface area contributed by atoms with E-state index >= 15 is 0 Å². The van der Waals surface area contributed by atoms with Crippen molar-refractivity contribution in [2.45, 2.75) is 39.8 Å². The summed E-state index contributed by atoms with van der Waals surface area (Å²) >= 11 is 0. The number of benzene rings is 1. The molecule has 3 heterocycles. The Kier molecular flexibility index (Phi) is 5.83. The minimum absolute atomic E-state index is 0.0703. The lowest BCUT2D eigenvalue weighted by atomic mass is 9.94. The van der Waals surface area contributed by atoms with E-state index in [2.05, 4.69) is 21.5 Å². The molecule has 1 amide bonds. The number of nitrogens with zero attached hydrogens (tertiary/aromatic N) is 4. The molecular formula is C23H29N5O2. The number of aliphatic hydroxyl groups is 1. The molecular weight excluding hydrogens is 378 g/mol. The third-order valence-corrected chi connectivity index (χ3v) is 6.02. The average molecular weight is 408 g/mol. The Bertz CT molecular complexity index is 1060. The predicted octanol–water partition coefficient (Wildman–Crippen LogP) is 2.54. The Morgan fingerprint density at radius 3 is 2.80 bits per heavy atom. The van der Waals surface area contributed by atoms with Crippen LogP contribution in [0.4, 0.5) is 5.69 Å². The fourth-order valence-corrected chi connectivity index (χ4v) is 4.45. The summed E-state index contributed by atoms with van der Waals surface area (Å²) in [6, 6.07) is 10.1. The van der Waals surface area contributed by atoms with E-state index in [-0.39, 0.29) is 18.4 Å². The van der Waals surface area contributed by atoms with E-state index in [9.17, 15) is 9.90 Å². The van der Waals surface area contributed by atoms with Gasteiger partial charge in [0.25, 0.3) is 0 Å². The maximum absolute atomic E-state index is 12.6. The molecule has 2 N–H and O–H groups in total. The molecule has 1 aliphatic heterocycles. The Morgan fingerprint density at radius 1 is 1.23 bits per heavy atom. The van der Waals surface area contributed by atoms with Gasteiger partial charge in [-0.3, -0.25) is 19.4 Å². The van der Waals surface area contributed by atoms with Gasteiger partial charge < -0.3 is 10.4 Å². The molecule has 158 valence electrons. The fourth-order valence-electron chi connectivity index (χ4n) is 4.45. The number of aryl methyl sites for hydroxylation is 2. The maximum Gasteiger partial charge on any atom is 0.238 e. The summed E-state index contributed by atoms with van der Waals surface area (Å²) in [6.45, 7) is 8.14. The number of anilines is 1. The number of carbonyl (C=O) groups excluding carboxylic acids is 1. The lowest BCUT2D eigenvalue weighted by Crippen LogP contribution is -2.32. The van der Waals surface area contributed by atoms with Gasteiger partial charge in [-0.2, -0.15) is 5.10 Å². The van der Waals surface area contributed by atoms with Crippen molar-refractivity contribution in [1.29, 1.82) is 0 Å². The number of hydrogen-bond acceptors (Lipinski definition) is 5. The molecule has 3 aromatic rings. The maximum atomic E-state index is 12.6. The van der Waals surface area contributed by atoms with Gasteiger partial charge in [-0.15, -0.1) is 0 Å². The second kappa shape index (κ2) is 8.53. The van der Waals surface area contributed by atoms with E-state index in [0.717, 1.165) is 40.9 Å². The van der Waals surface area contributed by atoms with Crippen molar-refractivity contribution in [2.75, 3.05) is 25.0 Å². The first-order valence-electron chi connectivity index (χ1n) is 10.5. The van der Waals surface area contributed by atoms with Gasteiger partial charge in [0.05, 0.1) is 35.2 Å². The zero-order valence-electron chi connectivity index (χ0n) is 17.8. The molecule has 0 spiro atoms. The van der Waals surface area contributed by atoms with Crippen LogP contribution in [0, 0.1) is 19.8 Å². The zero-order valence-corrected chi connectivity index (χ0v) is 17.8. The highest BCUT2D eigenvalue weighted by Gasteiger charge is 2.32. The third-order valence-electron chi connectivity index (χ3n) is 6.02. The van der Waals surface area contributed by atoms with Crippen LogP contribution in [0.1, 0.15) is 23.9 Å². The van der Waals surface area contributed by atoms with Gasteiger partial charge in [0.1, 0.15) is 0 Å². The monoisotopic (exact) mass is 407 g/mol. The normalized spacial score (nSPS) is 19.5. The number of para-hydroxylation sites is 1. The lowest BCUT2D eigenvalue weighted by molar-refractivity contribution is -0.117. The van der Waals surface area contributed by atoms with Gasteiger partial charge >= 0.3 is 0 Å². The third kappa shape index (κ3) is 4.08. The second-order valence-corrected chi connectivity index (χ2v) is 8.12. The molecule has 2 aromatic heterocycles. The molecule has 7 nitrogen and oxygen atoms in total. The number of aromatic nitrogens is 3. The first-order valence-corrected chi connectivity index (χ1v) is 10.5. The van der Waals surface area contributed by atoms with Crippen molar-refractivity contribution in [2.24, 2.45) is 5.92 Å². The average Bonchev–Trinajstić information content (AvgIpc) is 3.21. The standard InChI is InChI=1S/C23H29N5O2/c1-4-28-16(3)23(15(2)26-28)25-22(30)14-27-12-18(21(29)13-27)11-17-9-10-24-20-8-6-5-7-19(17)20/h5-10,18,21,29H,4,11-14H2,1-3H3,(H,25,30)/t18-,21-/m1/s1. The molecule has 0 radical (unpaired) electrons. The van der Waals surface area contributed by atoms with Crippen LogP contribution < -0.4 is 5.32 Å². The number of β-amino-alcohol motifs (C(OH)–C–C–N with tert-alkyl or cyclic N) is 1. The van der Waals surface area contributed by atoms with Crippen molar-refractivity contribution in [3.63, 3.8) is 0 Å². The van der Waals surface area contributed by atoms with Gasteiger partial charge in [0.15, 0.2) is 0 Å². The van der Waals surface area contributed by atoms with Crippen LogP contribution in [0.25, 0.3) is 10.9 Å². The topological polar surface area (TPSA) is 83.3 Å². The fraction of sp³-hybridized carbons (Fsp3) is 0.435. The Labute approximate surface area is 176 Å². The summed E-state index contributed by atoms with van der Waals surface area (Å²) in [7, 11) is 0. The molecule has 1 saturated heterocycles. The van der Waals surface area contributed by atoms with E-state index in [0.29, 0.717) is 13.1 Å². The molecule has 0 saturated carbocycles. The molecule has 30 heavy (non-hydrogen) atoms. The Balaban J connectivity index is 1.39. The van der Waals surface area contributed by atoms with Gasteiger partial charge in [0, 0.05) is 37.1 Å². The van der Waals surface area contributed by atoms with E-state index in [4.69, 9.17) is 0 Å². The van der Waals surface area contributed by atoms with Crippen LogP contribution in [0.5, 0.6) is 0 Å². The Morgan fingerprint density at radius 2 is 2.03 bits per heavy atom. The smallest absolute Gasteiger partial charge is 0.238 e. The van der Waals surface area contributed by atoms with Gasteiger partial charge in [-0.1, -0.05) is 18.2 Å². The molecule has 1 aromatic carbocycles. The number of carbonyl (C=O) groups is 1. The van der Waals surface area contributed by atoms with Crippen molar-refractivity contribution >= 4 is 22.5 Å². The van der Waals surface area contributed by atoms with Crippen LogP contribution >= 0.6 is 0 Å². The predicted molar refractivity (Wildman–Crippen MR) is 117 cm³/mol. The molecule has 7 heteroatoms. The second-order valence-electron chi connectivity index (χ2n) is 8.12. The van der Waals surface area contributed by atoms with Crippen molar-refractivity contribution in [3.05, 3.63) is 53.5 Å². The van der Waals surface area contributed by atoms with E-state index in [1.54, 1.807) is 0 Å². The largest absolute Gasteiger partial charge is 0.391 e. The lowest BCUT2D eigenvalue weighted by Gasteiger charge is -2.16. The van der Waals surface area contributed by atoms with Gasteiger partial charge in [0.2, 0.25) is 5.91 Å². The summed E-state index contributed by atoms with van der Waals surface area (Å²) in [5.41, 5.74) is 4.74. The summed E-state index contributed by atoms with van der Waals surface area (Å²) in [6.07, 6.45) is 2.14. The molecule has 1 fully saturated rings. The summed E-state index contributed by atoms with van der Waals surface area (Å²) in [5, 5.41) is 19.2. The minimum atomic E-state index is -0.448. The van der Waals surface area contributed by atoms with Crippen LogP contribution in [-0.2, 0) is 17.8 Å². The summed E-state index contributed by atoms with van der Waals surface area (Å²) < 4.78 is 1.89. The van der Waals surface area contributed by atoms with E-state index < -0.39 is 6.10 Å². The highest BCUT2D eigenvalue weighted by molar-refractivity contribution is 5.93. The van der Waals surface area contributed by atoms with E-state index in [1.165, 1.54) is 5.56 Å². The van der Waals surface area contributed by atoms with Crippen molar-refractivity contribution in [3.8, 4) is 0 Å². The molecule has 0 unspecified atom stereocenters. The number of nitrogens with one attached hydrogen (secondary N) is 1. The number of pyridine rings is 1. The molecule has 0 aliphatic carbocycles. The van der Waals surface area contributed by atoms with Crippen molar-refractivity contribution < 1.29 is 9.90 Å². The first kappa shape index (κ1) is 20.5. The Hall–Kier alpha value is -2.77. The number of rotatable bonds is 6. The van der Waals surface area contributed by atoms with Crippen molar-refractivity contribution in [1.82, 2.24) is 19.7 Å². The summed E-state index contributed by atoms with van der Waals surface area (Å²) in [4.78, 5) is 19.1. The van der Waals surface area contributed by atoms with E-state index in [1.807, 2.05) is 60.8 Å². The number of fused-ring (bicyclic) bond motifs is 1. The van der Waals surface area contributed by atoms with Crippen LogP contribution in [0.3, 0.4) is 0 Å².